The van der Waals surface area contributed by atoms with Crippen molar-refractivity contribution in [3.8, 4) is 0 Å². The molecule has 0 unspecified atom stereocenters. The van der Waals surface area contributed by atoms with Crippen molar-refractivity contribution in [3.63, 3.8) is 0 Å². The van der Waals surface area contributed by atoms with Crippen molar-refractivity contribution in [2.24, 2.45) is 23.5 Å². The Bertz CT molecular complexity index is 199. The molecule has 2 heteroatoms. The molecule has 2 nitrogen and oxygen atoms in total. The fourth-order valence-electron chi connectivity index (χ4n) is 2.93. The standard InChI is InChI=1S/C16H36N2/c1-13(2)8-9-18(7)16(12-17,10-14(3)4)11-15(5)6/h13-15H,8-12,17H2,1-7H3. The van der Waals surface area contributed by atoms with Crippen LogP contribution < -0.4 is 5.73 Å². The van der Waals surface area contributed by atoms with Gasteiger partial charge >= 0.3 is 0 Å². The summed E-state index contributed by atoms with van der Waals surface area (Å²) in [5.41, 5.74) is 6.36. The SMILES string of the molecule is CC(C)CCN(C)C(CN)(CC(C)C)CC(C)C. The second kappa shape index (κ2) is 8.16. The van der Waals surface area contributed by atoms with E-state index in [1.807, 2.05) is 0 Å². The molecule has 0 aliphatic carbocycles. The lowest BCUT2D eigenvalue weighted by atomic mass is 9.80. The van der Waals surface area contributed by atoms with Crippen LogP contribution in [0.1, 0.15) is 60.8 Å². The van der Waals surface area contributed by atoms with Crippen LogP contribution in [0.5, 0.6) is 0 Å². The Morgan fingerprint density at radius 2 is 1.33 bits per heavy atom. The largest absolute Gasteiger partial charge is 0.329 e. The van der Waals surface area contributed by atoms with Crippen LogP contribution in [0, 0.1) is 17.8 Å². The quantitative estimate of drug-likeness (QED) is 0.680. The third kappa shape index (κ3) is 6.19. The van der Waals surface area contributed by atoms with E-state index < -0.39 is 0 Å². The van der Waals surface area contributed by atoms with Crippen LogP contribution in [0.2, 0.25) is 0 Å². The predicted octanol–water partition coefficient (Wildman–Crippen LogP) is 3.75. The van der Waals surface area contributed by atoms with Gasteiger partial charge in [0.05, 0.1) is 0 Å². The first-order valence-corrected chi connectivity index (χ1v) is 7.64. The molecule has 0 rings (SSSR count). The van der Waals surface area contributed by atoms with Gasteiger partial charge in [0, 0.05) is 12.1 Å². The van der Waals surface area contributed by atoms with E-state index >= 15 is 0 Å². The number of nitrogens with zero attached hydrogens (tertiary/aromatic N) is 1. The first kappa shape index (κ1) is 17.9. The monoisotopic (exact) mass is 256 g/mol. The highest BCUT2D eigenvalue weighted by molar-refractivity contribution is 4.92. The Morgan fingerprint density at radius 3 is 1.61 bits per heavy atom. The molecular weight excluding hydrogens is 220 g/mol. The summed E-state index contributed by atoms with van der Waals surface area (Å²) in [5.74, 6) is 2.17. The van der Waals surface area contributed by atoms with Crippen LogP contribution in [0.25, 0.3) is 0 Å². The van der Waals surface area contributed by atoms with E-state index in [4.69, 9.17) is 5.73 Å². The van der Waals surface area contributed by atoms with Crippen LogP contribution in [0.15, 0.2) is 0 Å². The molecule has 0 aromatic carbocycles. The first-order chi connectivity index (χ1) is 8.23. The van der Waals surface area contributed by atoms with E-state index in [1.54, 1.807) is 0 Å². The van der Waals surface area contributed by atoms with Crippen molar-refractivity contribution in [2.75, 3.05) is 20.1 Å². The van der Waals surface area contributed by atoms with Gasteiger partial charge in [0.1, 0.15) is 0 Å². The van der Waals surface area contributed by atoms with E-state index in [1.165, 1.54) is 19.3 Å². The lowest BCUT2D eigenvalue weighted by molar-refractivity contribution is 0.0740. The third-order valence-electron chi connectivity index (χ3n) is 3.81. The summed E-state index contributed by atoms with van der Waals surface area (Å²) in [6.07, 6.45) is 3.67. The van der Waals surface area contributed by atoms with E-state index in [9.17, 15) is 0 Å². The molecule has 0 saturated carbocycles. The van der Waals surface area contributed by atoms with Gasteiger partial charge in [-0.2, -0.15) is 0 Å². The molecule has 2 N–H and O–H groups in total. The molecule has 0 aliphatic rings. The summed E-state index contributed by atoms with van der Waals surface area (Å²) in [5, 5.41) is 0. The molecule has 0 aromatic rings. The van der Waals surface area contributed by atoms with E-state index in [0.717, 1.165) is 19.0 Å². The van der Waals surface area contributed by atoms with E-state index in [-0.39, 0.29) is 5.54 Å². The summed E-state index contributed by atoms with van der Waals surface area (Å²) in [4.78, 5) is 2.53. The molecule has 0 atom stereocenters. The predicted molar refractivity (Wildman–Crippen MR) is 82.8 cm³/mol. The Kier molecular flexibility index (Phi) is 8.13. The number of nitrogens with two attached hydrogens (primary N) is 1. The zero-order valence-corrected chi connectivity index (χ0v) is 13.8. The van der Waals surface area contributed by atoms with Crippen LogP contribution >= 0.6 is 0 Å². The molecule has 0 bridgehead atoms. The Labute approximate surface area is 115 Å². The summed E-state index contributed by atoms with van der Waals surface area (Å²) in [7, 11) is 2.26. The zero-order valence-electron chi connectivity index (χ0n) is 13.8. The molecule has 0 aromatic heterocycles. The molecule has 0 spiro atoms. The van der Waals surface area contributed by atoms with Crippen LogP contribution in [-0.4, -0.2) is 30.6 Å². The molecule has 18 heavy (non-hydrogen) atoms. The van der Waals surface area contributed by atoms with Crippen molar-refractivity contribution < 1.29 is 0 Å². The summed E-state index contributed by atoms with van der Waals surface area (Å²) in [6.45, 7) is 15.8. The van der Waals surface area contributed by atoms with Crippen molar-refractivity contribution in [1.82, 2.24) is 4.90 Å². The van der Waals surface area contributed by atoms with E-state index in [0.29, 0.717) is 11.8 Å². The average molecular weight is 256 g/mol. The van der Waals surface area contributed by atoms with Crippen LogP contribution in [0.3, 0.4) is 0 Å². The van der Waals surface area contributed by atoms with Gasteiger partial charge in [-0.25, -0.2) is 0 Å². The fourth-order valence-corrected chi connectivity index (χ4v) is 2.93. The Hall–Kier alpha value is -0.0800. The highest BCUT2D eigenvalue weighted by Gasteiger charge is 2.34. The van der Waals surface area contributed by atoms with Crippen molar-refractivity contribution in [1.29, 1.82) is 0 Å². The second-order valence-electron chi connectivity index (χ2n) is 7.23. The first-order valence-electron chi connectivity index (χ1n) is 7.64. The zero-order chi connectivity index (χ0) is 14.3. The summed E-state index contributed by atoms with van der Waals surface area (Å²) >= 11 is 0. The van der Waals surface area contributed by atoms with Gasteiger partial charge in [-0.1, -0.05) is 41.5 Å². The number of hydrogen-bond acceptors (Lipinski definition) is 2. The highest BCUT2D eigenvalue weighted by Crippen LogP contribution is 2.30. The number of hydrogen-bond donors (Lipinski definition) is 1. The maximum atomic E-state index is 6.17. The molecular formula is C16H36N2. The molecule has 0 amide bonds. The maximum absolute atomic E-state index is 6.17. The van der Waals surface area contributed by atoms with Crippen molar-refractivity contribution in [2.45, 2.75) is 66.3 Å². The van der Waals surface area contributed by atoms with Gasteiger partial charge in [-0.05, 0) is 50.6 Å². The fraction of sp³-hybridized carbons (Fsp3) is 1.00. The maximum Gasteiger partial charge on any atom is 0.0333 e. The average Bonchev–Trinajstić information content (AvgIpc) is 2.23. The summed E-state index contributed by atoms with van der Waals surface area (Å²) < 4.78 is 0. The molecule has 0 fully saturated rings. The van der Waals surface area contributed by atoms with Gasteiger partial charge in [-0.3, -0.25) is 4.90 Å². The lowest BCUT2D eigenvalue weighted by Crippen LogP contribution is -2.54. The molecule has 0 aliphatic heterocycles. The number of likely N-dealkylation sites (N-methyl/N-ethyl adjacent to an activating group) is 1. The van der Waals surface area contributed by atoms with Crippen LogP contribution in [0.4, 0.5) is 0 Å². The second-order valence-corrected chi connectivity index (χ2v) is 7.23. The minimum Gasteiger partial charge on any atom is -0.329 e. The van der Waals surface area contributed by atoms with Gasteiger partial charge in [0.25, 0.3) is 0 Å². The Balaban J connectivity index is 4.79. The molecule has 0 radical (unpaired) electrons. The highest BCUT2D eigenvalue weighted by atomic mass is 15.2. The normalized spacial score (nSPS) is 13.3. The van der Waals surface area contributed by atoms with Gasteiger partial charge in [0.15, 0.2) is 0 Å². The topological polar surface area (TPSA) is 29.3 Å². The van der Waals surface area contributed by atoms with Crippen molar-refractivity contribution in [3.05, 3.63) is 0 Å². The van der Waals surface area contributed by atoms with Gasteiger partial charge in [-0.15, -0.1) is 0 Å². The molecule has 110 valence electrons. The molecule has 0 saturated heterocycles. The minimum atomic E-state index is 0.192. The smallest absolute Gasteiger partial charge is 0.0333 e. The third-order valence-corrected chi connectivity index (χ3v) is 3.81. The summed E-state index contributed by atoms with van der Waals surface area (Å²) in [6, 6.07) is 0. The van der Waals surface area contributed by atoms with E-state index in [2.05, 4.69) is 53.5 Å². The van der Waals surface area contributed by atoms with Crippen molar-refractivity contribution >= 4 is 0 Å². The minimum absolute atomic E-state index is 0.192. The van der Waals surface area contributed by atoms with Gasteiger partial charge < -0.3 is 5.73 Å². The number of rotatable bonds is 9. The Morgan fingerprint density at radius 1 is 0.889 bits per heavy atom. The van der Waals surface area contributed by atoms with Gasteiger partial charge in [0.2, 0.25) is 0 Å². The lowest BCUT2D eigenvalue weighted by Gasteiger charge is -2.44. The molecule has 0 heterocycles. The van der Waals surface area contributed by atoms with Crippen LogP contribution in [-0.2, 0) is 0 Å².